The minimum atomic E-state index is -3.49. The van der Waals surface area contributed by atoms with E-state index in [0.29, 0.717) is 24.5 Å². The van der Waals surface area contributed by atoms with E-state index in [0.717, 1.165) is 22.3 Å². The summed E-state index contributed by atoms with van der Waals surface area (Å²) in [7, 11) is -3.49. The molecule has 0 aromatic heterocycles. The number of halogens is 1. The molecule has 10 heteroatoms. The maximum atomic E-state index is 13.8. The molecule has 3 N–H and O–H groups in total. The number of nitrogens with one attached hydrogen (secondary N) is 1. The average Bonchev–Trinajstić information content (AvgIpc) is 2.81. The zero-order valence-electron chi connectivity index (χ0n) is 21.8. The smallest absolute Gasteiger partial charge is 0.248 e. The summed E-state index contributed by atoms with van der Waals surface area (Å²) in [4.78, 5) is 30.4. The lowest BCUT2D eigenvalue weighted by Crippen LogP contribution is -2.68. The quantitative estimate of drug-likeness (QED) is 0.423. The van der Waals surface area contributed by atoms with Gasteiger partial charge in [0.05, 0.1) is 12.2 Å². The maximum Gasteiger partial charge on any atom is 0.248 e. The summed E-state index contributed by atoms with van der Waals surface area (Å²) in [6, 6.07) is 13.2. The Morgan fingerprint density at radius 1 is 1.11 bits per heavy atom. The van der Waals surface area contributed by atoms with Crippen molar-refractivity contribution < 1.29 is 18.0 Å². The number of rotatable bonds is 12. The molecule has 1 unspecified atom stereocenters. The van der Waals surface area contributed by atoms with E-state index < -0.39 is 15.6 Å². The number of hydrogen-bond acceptors (Lipinski definition) is 5. The number of amides is 2. The second-order valence-corrected chi connectivity index (χ2v) is 12.3. The summed E-state index contributed by atoms with van der Waals surface area (Å²) in [5.41, 5.74) is 8.41. The van der Waals surface area contributed by atoms with Crippen LogP contribution in [0.15, 0.2) is 42.5 Å². The number of benzene rings is 2. The van der Waals surface area contributed by atoms with Crippen molar-refractivity contribution in [3.05, 3.63) is 69.7 Å². The van der Waals surface area contributed by atoms with Crippen molar-refractivity contribution >= 4 is 33.4 Å². The van der Waals surface area contributed by atoms with E-state index in [4.69, 9.17) is 17.3 Å². The average molecular weight is 549 g/mol. The maximum absolute atomic E-state index is 13.8. The van der Waals surface area contributed by atoms with Crippen LogP contribution in [0.25, 0.3) is 0 Å². The summed E-state index contributed by atoms with van der Waals surface area (Å²) in [6.45, 7) is 7.22. The zero-order chi connectivity index (χ0) is 27.2. The molecular weight excluding hydrogens is 512 g/mol. The molecule has 0 saturated carbocycles. The highest BCUT2D eigenvalue weighted by atomic mass is 35.5. The van der Waals surface area contributed by atoms with Gasteiger partial charge in [0.15, 0.2) is 0 Å². The Hall–Kier alpha value is -2.46. The van der Waals surface area contributed by atoms with Crippen molar-refractivity contribution in [2.75, 3.05) is 31.9 Å². The predicted octanol–water partition coefficient (Wildman–Crippen LogP) is 2.79. The first-order chi connectivity index (χ1) is 17.4. The van der Waals surface area contributed by atoms with Gasteiger partial charge in [-0.2, -0.15) is 0 Å². The number of sulfonamides is 1. The molecule has 8 nitrogen and oxygen atoms in total. The number of aryl methyl sites for hydroxylation is 2. The van der Waals surface area contributed by atoms with Gasteiger partial charge in [0, 0.05) is 37.7 Å². The first kappa shape index (κ1) is 29.1. The topological polar surface area (TPSA) is 113 Å². The van der Waals surface area contributed by atoms with Crippen LogP contribution >= 0.6 is 11.6 Å². The Morgan fingerprint density at radius 2 is 1.76 bits per heavy atom. The highest BCUT2D eigenvalue weighted by Gasteiger charge is 2.50. The molecule has 0 bridgehead atoms. The molecule has 3 rings (SSSR count). The monoisotopic (exact) mass is 548 g/mol. The third-order valence-corrected chi connectivity index (χ3v) is 8.42. The van der Waals surface area contributed by atoms with Crippen LogP contribution in [-0.2, 0) is 32.6 Å². The summed E-state index contributed by atoms with van der Waals surface area (Å²) >= 11 is 6.02. The van der Waals surface area contributed by atoms with Gasteiger partial charge >= 0.3 is 0 Å². The van der Waals surface area contributed by atoms with Crippen LogP contribution in [-0.4, -0.2) is 67.5 Å². The van der Waals surface area contributed by atoms with Crippen LogP contribution in [0, 0.1) is 13.8 Å². The Morgan fingerprint density at radius 3 is 2.32 bits per heavy atom. The number of likely N-dealkylation sites (tertiary alicyclic amines) is 1. The third kappa shape index (κ3) is 7.77. The molecule has 2 aromatic rings. The zero-order valence-corrected chi connectivity index (χ0v) is 23.4. The van der Waals surface area contributed by atoms with Crippen molar-refractivity contribution in [2.45, 2.75) is 52.1 Å². The molecule has 1 atom stereocenters. The molecule has 1 saturated heterocycles. The van der Waals surface area contributed by atoms with Gasteiger partial charge in [0.1, 0.15) is 5.54 Å². The molecule has 1 aliphatic heterocycles. The third-order valence-electron chi connectivity index (χ3n) is 6.70. The van der Waals surface area contributed by atoms with Gasteiger partial charge in [-0.1, -0.05) is 53.1 Å². The van der Waals surface area contributed by atoms with Gasteiger partial charge in [0.25, 0.3) is 0 Å². The van der Waals surface area contributed by atoms with Gasteiger partial charge in [-0.25, -0.2) is 13.1 Å². The number of carbonyl (C=O) groups is 2. The fourth-order valence-corrected chi connectivity index (χ4v) is 5.97. The van der Waals surface area contributed by atoms with Crippen LogP contribution in [0.3, 0.4) is 0 Å². The van der Waals surface area contributed by atoms with Crippen LogP contribution in [0.4, 0.5) is 0 Å². The van der Waals surface area contributed by atoms with Gasteiger partial charge < -0.3 is 15.5 Å². The van der Waals surface area contributed by atoms with E-state index in [1.807, 2.05) is 38.1 Å². The molecule has 2 aromatic carbocycles. The molecule has 1 fully saturated rings. The minimum Gasteiger partial charge on any atom is -0.336 e. The summed E-state index contributed by atoms with van der Waals surface area (Å²) in [5, 5.41) is 0.591. The van der Waals surface area contributed by atoms with Gasteiger partial charge in [0.2, 0.25) is 21.8 Å². The molecule has 1 aliphatic rings. The lowest BCUT2D eigenvalue weighted by molar-refractivity contribution is -0.164. The summed E-state index contributed by atoms with van der Waals surface area (Å²) in [5.74, 6) is -0.398. The normalized spacial score (nSPS) is 17.4. The molecule has 0 spiro atoms. The van der Waals surface area contributed by atoms with Crippen molar-refractivity contribution in [1.29, 1.82) is 0 Å². The van der Waals surface area contributed by atoms with E-state index in [1.165, 1.54) is 0 Å². The molecule has 0 aliphatic carbocycles. The Labute approximate surface area is 225 Å². The highest BCUT2D eigenvalue weighted by molar-refractivity contribution is 7.89. The lowest BCUT2D eigenvalue weighted by Gasteiger charge is -2.51. The SMILES string of the molecule is Cc1cc(C)cc(CC(=O)N2CCC2(C)C(=O)N(CCCS(=O)(=O)NCCN)Cc2ccc(Cl)cc2)c1. The van der Waals surface area contributed by atoms with E-state index in [-0.39, 0.29) is 50.0 Å². The van der Waals surface area contributed by atoms with Crippen LogP contribution < -0.4 is 10.5 Å². The van der Waals surface area contributed by atoms with Crippen molar-refractivity contribution in [2.24, 2.45) is 5.73 Å². The van der Waals surface area contributed by atoms with Crippen LogP contribution in [0.2, 0.25) is 5.02 Å². The van der Waals surface area contributed by atoms with E-state index in [9.17, 15) is 18.0 Å². The second-order valence-electron chi connectivity index (χ2n) is 9.95. The Kier molecular flexibility index (Phi) is 9.74. The molecule has 2 amide bonds. The van der Waals surface area contributed by atoms with E-state index in [2.05, 4.69) is 10.8 Å². The predicted molar refractivity (Wildman–Crippen MR) is 147 cm³/mol. The number of carbonyl (C=O) groups excluding carboxylic acids is 2. The largest absolute Gasteiger partial charge is 0.336 e. The molecular formula is C27H37ClN4O4S. The Bertz CT molecular complexity index is 1200. The minimum absolute atomic E-state index is 0.0906. The number of nitrogens with two attached hydrogens (primary N) is 1. The van der Waals surface area contributed by atoms with Crippen molar-refractivity contribution in [1.82, 2.24) is 14.5 Å². The fraction of sp³-hybridized carbons (Fsp3) is 0.481. The van der Waals surface area contributed by atoms with Crippen molar-refractivity contribution in [3.63, 3.8) is 0 Å². The van der Waals surface area contributed by atoms with Crippen LogP contribution in [0.1, 0.15) is 42.0 Å². The van der Waals surface area contributed by atoms with E-state index in [1.54, 1.807) is 28.9 Å². The highest BCUT2D eigenvalue weighted by Crippen LogP contribution is 2.34. The summed E-state index contributed by atoms with van der Waals surface area (Å²) in [6.07, 6.45) is 1.04. The van der Waals surface area contributed by atoms with Crippen molar-refractivity contribution in [3.8, 4) is 0 Å². The lowest BCUT2D eigenvalue weighted by atomic mass is 9.84. The van der Waals surface area contributed by atoms with Gasteiger partial charge in [-0.05, 0) is 56.9 Å². The van der Waals surface area contributed by atoms with Gasteiger partial charge in [-0.3, -0.25) is 9.59 Å². The molecule has 1 heterocycles. The Balaban J connectivity index is 1.74. The standard InChI is InChI=1S/C27H37ClN4O4S/c1-20-15-21(2)17-23(16-20)18-25(33)32-13-9-27(32,3)26(34)31(19-22-5-7-24(28)8-6-22)12-4-14-37(35,36)30-11-10-29/h5-8,15-17,30H,4,9-14,18-19,29H2,1-3H3. The van der Waals surface area contributed by atoms with E-state index >= 15 is 0 Å². The molecule has 0 radical (unpaired) electrons. The summed E-state index contributed by atoms with van der Waals surface area (Å²) < 4.78 is 26.9. The number of nitrogens with zero attached hydrogens (tertiary/aromatic N) is 2. The second kappa shape index (κ2) is 12.4. The van der Waals surface area contributed by atoms with Crippen LogP contribution in [0.5, 0.6) is 0 Å². The molecule has 37 heavy (non-hydrogen) atoms. The first-order valence-electron chi connectivity index (χ1n) is 12.5. The van der Waals surface area contributed by atoms with Gasteiger partial charge in [-0.15, -0.1) is 0 Å². The number of hydrogen-bond donors (Lipinski definition) is 2. The first-order valence-corrected chi connectivity index (χ1v) is 14.6. The fourth-order valence-electron chi connectivity index (χ4n) is 4.76. The molecule has 202 valence electrons.